The van der Waals surface area contributed by atoms with Gasteiger partial charge in [-0.25, -0.2) is 0 Å². The lowest BCUT2D eigenvalue weighted by molar-refractivity contribution is -0.135. The molecule has 0 radical (unpaired) electrons. The topological polar surface area (TPSA) is 140 Å². The zero-order valence-corrected chi connectivity index (χ0v) is 16.4. The van der Waals surface area contributed by atoms with Gasteiger partial charge < -0.3 is 30.9 Å². The van der Waals surface area contributed by atoms with E-state index in [9.17, 15) is 14.4 Å². The van der Waals surface area contributed by atoms with Crippen molar-refractivity contribution in [2.75, 3.05) is 31.8 Å². The summed E-state index contributed by atoms with van der Waals surface area (Å²) in [5.74, 6) is -1.28. The minimum Gasteiger partial charge on any atom is -0.494 e. The van der Waals surface area contributed by atoms with Gasteiger partial charge in [0, 0.05) is 6.42 Å². The number of nitrogen functional groups attached to an aromatic ring is 1. The summed E-state index contributed by atoms with van der Waals surface area (Å²) >= 11 is 0. The second kappa shape index (κ2) is 9.45. The number of benzene rings is 2. The van der Waals surface area contributed by atoms with Gasteiger partial charge in [-0.1, -0.05) is 13.0 Å². The molecular weight excluding hydrogens is 378 g/mol. The normalized spacial score (nSPS) is 10.2. The molecule has 29 heavy (non-hydrogen) atoms. The van der Waals surface area contributed by atoms with Crippen molar-refractivity contribution in [1.29, 1.82) is 0 Å². The molecule has 0 atom stereocenters. The highest BCUT2D eigenvalue weighted by Crippen LogP contribution is 2.38. The van der Waals surface area contributed by atoms with E-state index in [1.165, 1.54) is 14.2 Å². The molecule has 0 unspecified atom stereocenters. The number of anilines is 2. The highest BCUT2D eigenvalue weighted by atomic mass is 16.5. The van der Waals surface area contributed by atoms with E-state index in [1.54, 1.807) is 37.3 Å². The third-order valence-corrected chi connectivity index (χ3v) is 4.14. The van der Waals surface area contributed by atoms with E-state index in [2.05, 4.69) is 10.6 Å². The smallest absolute Gasteiger partial charge is 0.322 e. The summed E-state index contributed by atoms with van der Waals surface area (Å²) < 4.78 is 10.6. The van der Waals surface area contributed by atoms with E-state index in [0.717, 1.165) is 0 Å². The maximum atomic E-state index is 12.5. The summed E-state index contributed by atoms with van der Waals surface area (Å²) in [6.07, 6.45) is 0.226. The number of rotatable bonds is 8. The summed E-state index contributed by atoms with van der Waals surface area (Å²) in [4.78, 5) is 35.1. The Kier molecular flexibility index (Phi) is 7.02. The molecule has 2 amide bonds. The van der Waals surface area contributed by atoms with E-state index in [0.29, 0.717) is 28.3 Å². The molecule has 0 fully saturated rings. The minimum atomic E-state index is -1.18. The van der Waals surface area contributed by atoms with E-state index in [1.807, 2.05) is 0 Å². The van der Waals surface area contributed by atoms with Crippen molar-refractivity contribution in [3.05, 3.63) is 35.9 Å². The van der Waals surface area contributed by atoms with Crippen molar-refractivity contribution >= 4 is 29.2 Å². The number of carbonyl (C=O) groups excluding carboxylic acids is 2. The monoisotopic (exact) mass is 401 g/mol. The Bertz CT molecular complexity index is 917. The molecule has 0 spiro atoms. The van der Waals surface area contributed by atoms with Crippen molar-refractivity contribution < 1.29 is 29.0 Å². The van der Waals surface area contributed by atoms with Crippen LogP contribution in [-0.4, -0.2) is 43.7 Å². The number of hydrogen-bond donors (Lipinski definition) is 4. The number of hydrogen-bond acceptors (Lipinski definition) is 6. The second-order valence-electron chi connectivity index (χ2n) is 6.03. The molecule has 2 aromatic rings. The van der Waals surface area contributed by atoms with Crippen molar-refractivity contribution in [1.82, 2.24) is 5.32 Å². The lowest BCUT2D eigenvalue weighted by Gasteiger charge is -2.15. The number of carboxylic acids is 1. The maximum Gasteiger partial charge on any atom is 0.322 e. The van der Waals surface area contributed by atoms with Crippen LogP contribution in [0.15, 0.2) is 30.3 Å². The van der Waals surface area contributed by atoms with E-state index in [-0.39, 0.29) is 23.6 Å². The van der Waals surface area contributed by atoms with Crippen molar-refractivity contribution in [3.63, 3.8) is 0 Å². The lowest BCUT2D eigenvalue weighted by atomic mass is 10.00. The zero-order chi connectivity index (χ0) is 21.6. The van der Waals surface area contributed by atoms with E-state index in [4.69, 9.17) is 20.3 Å². The lowest BCUT2D eigenvalue weighted by Crippen LogP contribution is -2.30. The van der Waals surface area contributed by atoms with Crippen LogP contribution in [0, 0.1) is 0 Å². The van der Waals surface area contributed by atoms with Crippen molar-refractivity contribution in [2.24, 2.45) is 0 Å². The molecule has 5 N–H and O–H groups in total. The molecule has 2 aromatic carbocycles. The van der Waals surface area contributed by atoms with Crippen LogP contribution in [0.25, 0.3) is 11.1 Å². The standard InChI is InChI=1S/C20H23N3O6/c1-4-17(24)23-14-6-5-11(7-13(14)20(27)22-10-18(25)26)12-8-15(28-2)19(21)16(9-12)29-3/h5-9H,4,10,21H2,1-3H3,(H,22,27)(H,23,24)(H,25,26). The Morgan fingerprint density at radius 1 is 1.03 bits per heavy atom. The highest BCUT2D eigenvalue weighted by molar-refractivity contribution is 6.05. The quantitative estimate of drug-likeness (QED) is 0.497. The van der Waals surface area contributed by atoms with Gasteiger partial charge in [0.2, 0.25) is 5.91 Å². The zero-order valence-electron chi connectivity index (χ0n) is 16.4. The predicted octanol–water partition coefficient (Wildman–Crippen LogP) is 2.12. The van der Waals surface area contributed by atoms with Gasteiger partial charge in [-0.2, -0.15) is 0 Å². The van der Waals surface area contributed by atoms with Crippen LogP contribution in [0.1, 0.15) is 23.7 Å². The van der Waals surface area contributed by atoms with Gasteiger partial charge in [-0.3, -0.25) is 14.4 Å². The third-order valence-electron chi connectivity index (χ3n) is 4.14. The summed E-state index contributed by atoms with van der Waals surface area (Å²) in [5, 5.41) is 13.8. The Morgan fingerprint density at radius 3 is 2.17 bits per heavy atom. The van der Waals surface area contributed by atoms with Crippen LogP contribution in [0.3, 0.4) is 0 Å². The summed E-state index contributed by atoms with van der Waals surface area (Å²) in [6, 6.07) is 8.22. The van der Waals surface area contributed by atoms with Gasteiger partial charge in [0.25, 0.3) is 5.91 Å². The molecule has 0 aromatic heterocycles. The highest BCUT2D eigenvalue weighted by Gasteiger charge is 2.17. The second-order valence-corrected chi connectivity index (χ2v) is 6.03. The first-order chi connectivity index (χ1) is 13.8. The number of nitrogens with one attached hydrogen (secondary N) is 2. The van der Waals surface area contributed by atoms with E-state index >= 15 is 0 Å². The van der Waals surface area contributed by atoms with Crippen molar-refractivity contribution in [3.8, 4) is 22.6 Å². The fourth-order valence-corrected chi connectivity index (χ4v) is 2.62. The Labute approximate surface area is 167 Å². The number of methoxy groups -OCH3 is 2. The van der Waals surface area contributed by atoms with Gasteiger partial charge >= 0.3 is 5.97 Å². The van der Waals surface area contributed by atoms with Gasteiger partial charge in [0.1, 0.15) is 23.7 Å². The van der Waals surface area contributed by atoms with Crippen LogP contribution in [-0.2, 0) is 9.59 Å². The van der Waals surface area contributed by atoms with Gasteiger partial charge in [0.15, 0.2) is 0 Å². The molecule has 0 bridgehead atoms. The van der Waals surface area contributed by atoms with Gasteiger partial charge in [-0.15, -0.1) is 0 Å². The molecule has 9 heteroatoms. The minimum absolute atomic E-state index is 0.125. The number of aliphatic carboxylic acids is 1. The molecular formula is C20H23N3O6. The Morgan fingerprint density at radius 2 is 1.66 bits per heavy atom. The van der Waals surface area contributed by atoms with Gasteiger partial charge in [0.05, 0.1) is 25.5 Å². The Balaban J connectivity index is 2.54. The summed E-state index contributed by atoms with van der Waals surface area (Å²) in [6.45, 7) is 1.13. The Hall–Kier alpha value is -3.75. The van der Waals surface area contributed by atoms with Crippen molar-refractivity contribution in [2.45, 2.75) is 13.3 Å². The number of carboxylic acid groups (broad SMARTS) is 1. The molecule has 0 saturated heterocycles. The molecule has 2 rings (SSSR count). The fraction of sp³-hybridized carbons (Fsp3) is 0.250. The van der Waals surface area contributed by atoms with Crippen LogP contribution in [0.4, 0.5) is 11.4 Å². The average Bonchev–Trinajstić information content (AvgIpc) is 2.72. The molecule has 154 valence electrons. The molecule has 0 saturated carbocycles. The predicted molar refractivity (Wildman–Crippen MR) is 108 cm³/mol. The van der Waals surface area contributed by atoms with Crippen LogP contribution < -0.4 is 25.8 Å². The van der Waals surface area contributed by atoms with E-state index < -0.39 is 18.4 Å². The molecule has 9 nitrogen and oxygen atoms in total. The molecule has 0 aliphatic rings. The largest absolute Gasteiger partial charge is 0.494 e. The molecule has 0 heterocycles. The number of amides is 2. The SMILES string of the molecule is CCC(=O)Nc1ccc(-c2cc(OC)c(N)c(OC)c2)cc1C(=O)NCC(=O)O. The van der Waals surface area contributed by atoms with Crippen LogP contribution in [0.5, 0.6) is 11.5 Å². The number of carbonyl (C=O) groups is 3. The summed E-state index contributed by atoms with van der Waals surface area (Å²) in [7, 11) is 2.95. The van der Waals surface area contributed by atoms with Crippen LogP contribution >= 0.6 is 0 Å². The molecule has 0 aliphatic carbocycles. The molecule has 0 aliphatic heterocycles. The van der Waals surface area contributed by atoms with Gasteiger partial charge in [-0.05, 0) is 35.4 Å². The average molecular weight is 401 g/mol. The summed E-state index contributed by atoms with van der Waals surface area (Å²) in [5.41, 5.74) is 8.00. The number of ether oxygens (including phenoxy) is 2. The fourth-order valence-electron chi connectivity index (χ4n) is 2.62. The van der Waals surface area contributed by atoms with Crippen LogP contribution in [0.2, 0.25) is 0 Å². The number of nitrogens with two attached hydrogens (primary N) is 1. The first-order valence-electron chi connectivity index (χ1n) is 8.76. The first-order valence-corrected chi connectivity index (χ1v) is 8.76. The third kappa shape index (κ3) is 5.16. The first kappa shape index (κ1) is 21.5. The maximum absolute atomic E-state index is 12.5.